The molecule has 0 amide bonds. The quantitative estimate of drug-likeness (QED) is 0.870. The average Bonchev–Trinajstić information content (AvgIpc) is 3.25. The lowest BCUT2D eigenvalue weighted by molar-refractivity contribution is 0.00979. The van der Waals surface area contributed by atoms with Crippen LogP contribution in [0.15, 0.2) is 29.6 Å². The lowest BCUT2D eigenvalue weighted by Crippen LogP contribution is -2.48. The molecule has 0 spiro atoms. The molecule has 1 N–H and O–H groups in total. The van der Waals surface area contributed by atoms with Crippen LogP contribution in [0.2, 0.25) is 0 Å². The molecule has 0 radical (unpaired) electrons. The van der Waals surface area contributed by atoms with E-state index in [0.29, 0.717) is 12.1 Å². The number of hydrogen-bond donors (Lipinski definition) is 1. The lowest BCUT2D eigenvalue weighted by atomic mass is 10.1. The fraction of sp³-hybridized carbons (Fsp3) is 0.550. The van der Waals surface area contributed by atoms with Crippen molar-refractivity contribution in [3.05, 3.63) is 40.9 Å². The minimum Gasteiger partial charge on any atom is -0.379 e. The van der Waals surface area contributed by atoms with Crippen molar-refractivity contribution >= 4 is 22.2 Å². The van der Waals surface area contributed by atoms with Gasteiger partial charge in [-0.05, 0) is 31.9 Å². The number of nitrogens with one attached hydrogen (secondary N) is 1. The number of para-hydroxylation sites is 1. The molecule has 140 valence electrons. The molecular weight excluding hydrogens is 344 g/mol. The Bertz CT molecular complexity index is 728. The van der Waals surface area contributed by atoms with E-state index in [4.69, 9.17) is 9.72 Å². The summed E-state index contributed by atoms with van der Waals surface area (Å²) in [6, 6.07) is 9.57. The van der Waals surface area contributed by atoms with Crippen LogP contribution in [0.25, 0.3) is 0 Å². The zero-order valence-electron chi connectivity index (χ0n) is 15.6. The lowest BCUT2D eigenvalue weighted by Gasteiger charge is -2.35. The number of hydrogen-bond acceptors (Lipinski definition) is 6. The van der Waals surface area contributed by atoms with Crippen molar-refractivity contribution in [3.63, 3.8) is 0 Å². The van der Waals surface area contributed by atoms with Crippen LogP contribution in [-0.4, -0.2) is 59.7 Å². The van der Waals surface area contributed by atoms with E-state index in [1.165, 1.54) is 17.7 Å². The van der Waals surface area contributed by atoms with Gasteiger partial charge in [-0.25, -0.2) is 4.98 Å². The minimum atomic E-state index is 0.572. The van der Waals surface area contributed by atoms with Gasteiger partial charge in [-0.2, -0.15) is 0 Å². The van der Waals surface area contributed by atoms with Crippen LogP contribution < -0.4 is 5.32 Å². The van der Waals surface area contributed by atoms with Gasteiger partial charge in [0, 0.05) is 49.3 Å². The summed E-state index contributed by atoms with van der Waals surface area (Å²) in [4.78, 5) is 10.0. The van der Waals surface area contributed by atoms with E-state index in [0.717, 1.165) is 50.2 Å². The first-order valence-corrected chi connectivity index (χ1v) is 10.4. The highest BCUT2D eigenvalue weighted by molar-refractivity contribution is 7.13. The summed E-state index contributed by atoms with van der Waals surface area (Å²) >= 11 is 1.69. The van der Waals surface area contributed by atoms with Crippen molar-refractivity contribution in [1.82, 2.24) is 14.8 Å². The van der Waals surface area contributed by atoms with Gasteiger partial charge in [-0.3, -0.25) is 9.80 Å². The van der Waals surface area contributed by atoms with Crippen LogP contribution in [0.1, 0.15) is 24.6 Å². The molecule has 2 aromatic rings. The van der Waals surface area contributed by atoms with Gasteiger partial charge in [0.25, 0.3) is 0 Å². The molecule has 0 aliphatic carbocycles. The Balaban J connectivity index is 1.36. The van der Waals surface area contributed by atoms with Crippen molar-refractivity contribution < 1.29 is 4.74 Å². The monoisotopic (exact) mass is 372 g/mol. The fourth-order valence-corrected chi connectivity index (χ4v) is 4.79. The summed E-state index contributed by atoms with van der Waals surface area (Å²) < 4.78 is 5.51. The molecule has 2 aliphatic heterocycles. The Morgan fingerprint density at radius 1 is 1.23 bits per heavy atom. The highest BCUT2D eigenvalue weighted by atomic mass is 32.1. The molecule has 1 aromatic heterocycles. The maximum absolute atomic E-state index is 5.51. The second kappa shape index (κ2) is 8.05. The largest absolute Gasteiger partial charge is 0.379 e. The molecule has 0 unspecified atom stereocenters. The zero-order valence-corrected chi connectivity index (χ0v) is 16.5. The Kier molecular flexibility index (Phi) is 5.55. The third-order valence-electron chi connectivity index (χ3n) is 5.66. The number of nitrogens with zero attached hydrogens (tertiary/aromatic N) is 3. The highest BCUT2D eigenvalue weighted by Gasteiger charge is 2.35. The summed E-state index contributed by atoms with van der Waals surface area (Å²) in [5.41, 5.74) is 3.54. The van der Waals surface area contributed by atoms with Gasteiger partial charge >= 0.3 is 0 Å². The number of rotatable bonds is 5. The first-order chi connectivity index (χ1) is 12.7. The Morgan fingerprint density at radius 2 is 2.04 bits per heavy atom. The maximum Gasteiger partial charge on any atom is 0.187 e. The summed E-state index contributed by atoms with van der Waals surface area (Å²) in [6.07, 6.45) is 1.25. The molecule has 5 nitrogen and oxygen atoms in total. The molecule has 2 aliphatic rings. The van der Waals surface area contributed by atoms with Crippen molar-refractivity contribution in [3.8, 4) is 0 Å². The molecule has 3 heterocycles. The fourth-order valence-electron chi connectivity index (χ4n) is 4.08. The third kappa shape index (κ3) is 3.93. The standard InChI is InChI=1S/C20H28N4OS/c1-15-5-3-4-6-18(15)22-20-21-17(14-26-20)13-24-8-7-19(16(24)2)23-9-11-25-12-10-23/h3-6,14,16,19H,7-13H2,1-2H3,(H,21,22)/t16-,19-/m1/s1. The number of ether oxygens (including phenoxy) is 1. The van der Waals surface area contributed by atoms with E-state index in [1.54, 1.807) is 11.3 Å². The van der Waals surface area contributed by atoms with Crippen LogP contribution in [-0.2, 0) is 11.3 Å². The zero-order chi connectivity index (χ0) is 17.9. The van der Waals surface area contributed by atoms with Gasteiger partial charge in [0.1, 0.15) is 0 Å². The van der Waals surface area contributed by atoms with Crippen LogP contribution >= 0.6 is 11.3 Å². The number of anilines is 2. The Hall–Kier alpha value is -1.47. The maximum atomic E-state index is 5.51. The van der Waals surface area contributed by atoms with E-state index in [1.807, 2.05) is 0 Å². The molecule has 26 heavy (non-hydrogen) atoms. The third-order valence-corrected chi connectivity index (χ3v) is 6.47. The minimum absolute atomic E-state index is 0.572. The first-order valence-electron chi connectivity index (χ1n) is 9.53. The van der Waals surface area contributed by atoms with Crippen molar-refractivity contribution in [2.75, 3.05) is 38.2 Å². The SMILES string of the molecule is Cc1ccccc1Nc1nc(CN2CC[C@@H](N3CCOCC3)[C@H]2C)cs1. The summed E-state index contributed by atoms with van der Waals surface area (Å²) in [5.74, 6) is 0. The van der Waals surface area contributed by atoms with Gasteiger partial charge in [0.05, 0.1) is 18.9 Å². The van der Waals surface area contributed by atoms with Gasteiger partial charge in [0.15, 0.2) is 5.13 Å². The smallest absolute Gasteiger partial charge is 0.187 e. The number of aryl methyl sites for hydroxylation is 1. The number of benzene rings is 1. The number of likely N-dealkylation sites (tertiary alicyclic amines) is 1. The number of morpholine rings is 1. The van der Waals surface area contributed by atoms with E-state index >= 15 is 0 Å². The van der Waals surface area contributed by atoms with Crippen molar-refractivity contribution in [2.24, 2.45) is 0 Å². The molecule has 0 saturated carbocycles. The molecule has 2 fully saturated rings. The predicted molar refractivity (Wildman–Crippen MR) is 107 cm³/mol. The summed E-state index contributed by atoms with van der Waals surface area (Å²) in [5, 5.41) is 6.62. The first kappa shape index (κ1) is 17.9. The molecule has 4 rings (SSSR count). The van der Waals surface area contributed by atoms with E-state index < -0.39 is 0 Å². The van der Waals surface area contributed by atoms with Gasteiger partial charge in [0.2, 0.25) is 0 Å². The Labute approximate surface area is 160 Å². The highest BCUT2D eigenvalue weighted by Crippen LogP contribution is 2.28. The molecule has 2 saturated heterocycles. The molecule has 0 bridgehead atoms. The molecule has 2 atom stereocenters. The number of thiazole rings is 1. The average molecular weight is 373 g/mol. The van der Waals surface area contributed by atoms with Gasteiger partial charge < -0.3 is 10.1 Å². The van der Waals surface area contributed by atoms with Crippen LogP contribution in [0.3, 0.4) is 0 Å². The van der Waals surface area contributed by atoms with E-state index in [-0.39, 0.29) is 0 Å². The van der Waals surface area contributed by atoms with Crippen molar-refractivity contribution in [2.45, 2.75) is 38.9 Å². The van der Waals surface area contributed by atoms with Gasteiger partial charge in [-0.15, -0.1) is 11.3 Å². The van der Waals surface area contributed by atoms with Crippen molar-refractivity contribution in [1.29, 1.82) is 0 Å². The second-order valence-electron chi connectivity index (χ2n) is 7.30. The normalized spacial score (nSPS) is 24.8. The molecule has 6 heteroatoms. The van der Waals surface area contributed by atoms with E-state index in [2.05, 4.69) is 58.6 Å². The van der Waals surface area contributed by atoms with E-state index in [9.17, 15) is 0 Å². The van der Waals surface area contributed by atoms with Crippen LogP contribution in [0, 0.1) is 6.92 Å². The molecular formula is C20H28N4OS. The van der Waals surface area contributed by atoms with Crippen LogP contribution in [0.4, 0.5) is 10.8 Å². The predicted octanol–water partition coefficient (Wildman–Crippen LogP) is 3.49. The molecule has 1 aromatic carbocycles. The second-order valence-corrected chi connectivity index (χ2v) is 8.16. The topological polar surface area (TPSA) is 40.6 Å². The van der Waals surface area contributed by atoms with Crippen LogP contribution in [0.5, 0.6) is 0 Å². The summed E-state index contributed by atoms with van der Waals surface area (Å²) in [6.45, 7) is 10.5. The summed E-state index contributed by atoms with van der Waals surface area (Å²) in [7, 11) is 0. The Morgan fingerprint density at radius 3 is 2.85 bits per heavy atom. The van der Waals surface area contributed by atoms with Gasteiger partial charge in [-0.1, -0.05) is 18.2 Å². The number of aromatic nitrogens is 1.